The van der Waals surface area contributed by atoms with Gasteiger partial charge in [-0.2, -0.15) is 5.10 Å². The lowest BCUT2D eigenvalue weighted by Gasteiger charge is -2.32. The lowest BCUT2D eigenvalue weighted by molar-refractivity contribution is 0.0656. The molecule has 0 N–H and O–H groups in total. The summed E-state index contributed by atoms with van der Waals surface area (Å²) in [6, 6.07) is 5.43. The van der Waals surface area contributed by atoms with E-state index in [0.717, 1.165) is 42.4 Å². The Morgan fingerprint density at radius 1 is 1.10 bits per heavy atom. The van der Waals surface area contributed by atoms with E-state index >= 15 is 0 Å². The van der Waals surface area contributed by atoms with Gasteiger partial charge < -0.3 is 9.80 Å². The molecule has 8 heteroatoms. The third-order valence-electron chi connectivity index (χ3n) is 5.72. The van der Waals surface area contributed by atoms with Crippen molar-refractivity contribution in [2.24, 2.45) is 0 Å². The SMILES string of the molecule is CN1CCN(C(=O)c2nn(-c3ccc(F)cc3F)c3c2CCc2sccc2-3)CC1. The number of hydrogen-bond donors (Lipinski definition) is 0. The highest BCUT2D eigenvalue weighted by molar-refractivity contribution is 7.10. The molecule has 1 saturated heterocycles. The Balaban J connectivity index is 1.65. The molecule has 1 aliphatic carbocycles. The highest BCUT2D eigenvalue weighted by Crippen LogP contribution is 2.40. The van der Waals surface area contributed by atoms with Crippen molar-refractivity contribution in [3.63, 3.8) is 0 Å². The number of halogens is 2. The fourth-order valence-electron chi connectivity index (χ4n) is 4.11. The molecule has 0 atom stereocenters. The number of fused-ring (bicyclic) bond motifs is 3. The molecule has 0 spiro atoms. The smallest absolute Gasteiger partial charge is 0.274 e. The number of likely N-dealkylation sites (N-methyl/N-ethyl adjacent to an activating group) is 1. The van der Waals surface area contributed by atoms with Crippen LogP contribution in [0, 0.1) is 11.6 Å². The molecule has 1 aliphatic heterocycles. The molecule has 29 heavy (non-hydrogen) atoms. The minimum atomic E-state index is -0.698. The van der Waals surface area contributed by atoms with E-state index in [1.165, 1.54) is 21.7 Å². The number of amides is 1. The number of benzene rings is 1. The Labute approximate surface area is 171 Å². The molecule has 2 aromatic heterocycles. The zero-order chi connectivity index (χ0) is 20.1. The molecule has 3 heterocycles. The van der Waals surface area contributed by atoms with Crippen molar-refractivity contribution in [2.75, 3.05) is 33.2 Å². The number of nitrogens with zero attached hydrogens (tertiary/aromatic N) is 4. The number of thiophene rings is 1. The molecule has 5 rings (SSSR count). The van der Waals surface area contributed by atoms with Gasteiger partial charge in [0.1, 0.15) is 11.5 Å². The first-order chi connectivity index (χ1) is 14.0. The first-order valence-electron chi connectivity index (χ1n) is 9.65. The molecule has 2 aliphatic rings. The van der Waals surface area contributed by atoms with Crippen LogP contribution in [0.1, 0.15) is 20.9 Å². The summed E-state index contributed by atoms with van der Waals surface area (Å²) in [5.74, 6) is -1.46. The predicted molar refractivity (Wildman–Crippen MR) is 108 cm³/mol. The number of aromatic nitrogens is 2. The summed E-state index contributed by atoms with van der Waals surface area (Å²) in [6.45, 7) is 2.92. The molecular formula is C21H20F2N4OS. The van der Waals surface area contributed by atoms with Crippen LogP contribution >= 0.6 is 11.3 Å². The van der Waals surface area contributed by atoms with E-state index in [1.807, 2.05) is 23.4 Å². The Morgan fingerprint density at radius 3 is 2.66 bits per heavy atom. The number of carbonyl (C=O) groups excluding carboxylic acids is 1. The van der Waals surface area contributed by atoms with Gasteiger partial charge in [-0.25, -0.2) is 13.5 Å². The highest BCUT2D eigenvalue weighted by Gasteiger charge is 2.32. The van der Waals surface area contributed by atoms with Crippen molar-refractivity contribution >= 4 is 17.2 Å². The van der Waals surface area contributed by atoms with Gasteiger partial charge in [0.2, 0.25) is 0 Å². The first-order valence-corrected chi connectivity index (χ1v) is 10.5. The van der Waals surface area contributed by atoms with Crippen molar-refractivity contribution < 1.29 is 13.6 Å². The van der Waals surface area contributed by atoms with E-state index in [1.54, 1.807) is 11.3 Å². The second kappa shape index (κ2) is 7.03. The fraction of sp³-hybridized carbons (Fsp3) is 0.333. The third-order valence-corrected chi connectivity index (χ3v) is 6.70. The normalized spacial score (nSPS) is 16.6. The lowest BCUT2D eigenvalue weighted by Crippen LogP contribution is -2.47. The van der Waals surface area contributed by atoms with E-state index in [4.69, 9.17) is 0 Å². The Kier molecular flexibility index (Phi) is 4.48. The zero-order valence-electron chi connectivity index (χ0n) is 16.0. The van der Waals surface area contributed by atoms with Gasteiger partial charge in [-0.15, -0.1) is 11.3 Å². The van der Waals surface area contributed by atoms with E-state index in [9.17, 15) is 13.6 Å². The van der Waals surface area contributed by atoms with Crippen molar-refractivity contribution in [2.45, 2.75) is 12.8 Å². The second-order valence-corrected chi connectivity index (χ2v) is 8.54. The van der Waals surface area contributed by atoms with Gasteiger partial charge in [0.05, 0.1) is 5.69 Å². The second-order valence-electron chi connectivity index (χ2n) is 7.54. The molecule has 0 radical (unpaired) electrons. The van der Waals surface area contributed by atoms with Crippen LogP contribution in [0.15, 0.2) is 29.6 Å². The summed E-state index contributed by atoms with van der Waals surface area (Å²) in [4.78, 5) is 18.5. The number of hydrogen-bond acceptors (Lipinski definition) is 4. The van der Waals surface area contributed by atoms with Crippen LogP contribution in [0.2, 0.25) is 0 Å². The van der Waals surface area contributed by atoms with Crippen LogP contribution in [0.4, 0.5) is 8.78 Å². The number of piperazine rings is 1. The monoisotopic (exact) mass is 414 g/mol. The van der Waals surface area contributed by atoms with Crippen molar-refractivity contribution in [3.8, 4) is 16.9 Å². The summed E-state index contributed by atoms with van der Waals surface area (Å²) in [5, 5.41) is 6.58. The van der Waals surface area contributed by atoms with Gasteiger partial charge in [-0.05, 0) is 43.5 Å². The third kappa shape index (κ3) is 3.07. The predicted octanol–water partition coefficient (Wildman–Crippen LogP) is 3.37. The summed E-state index contributed by atoms with van der Waals surface area (Å²) >= 11 is 1.65. The summed E-state index contributed by atoms with van der Waals surface area (Å²) in [6.07, 6.45) is 1.51. The van der Waals surface area contributed by atoms with Crippen LogP contribution < -0.4 is 0 Å². The number of aryl methyl sites for hydroxylation is 1. The first kappa shape index (κ1) is 18.4. The van der Waals surface area contributed by atoms with Crippen LogP contribution in [0.3, 0.4) is 0 Å². The van der Waals surface area contributed by atoms with Crippen LogP contribution in [0.25, 0.3) is 16.9 Å². The Morgan fingerprint density at radius 2 is 1.90 bits per heavy atom. The molecule has 150 valence electrons. The molecule has 1 fully saturated rings. The van der Waals surface area contributed by atoms with Gasteiger partial charge in [0.15, 0.2) is 11.5 Å². The summed E-state index contributed by atoms with van der Waals surface area (Å²) < 4.78 is 29.6. The van der Waals surface area contributed by atoms with Crippen LogP contribution in [-0.2, 0) is 12.8 Å². The minimum absolute atomic E-state index is 0.116. The number of carbonyl (C=O) groups is 1. The van der Waals surface area contributed by atoms with Gasteiger partial charge in [0.25, 0.3) is 5.91 Å². The Hall–Kier alpha value is -2.58. The molecular weight excluding hydrogens is 394 g/mol. The fourth-order valence-corrected chi connectivity index (χ4v) is 4.99. The molecule has 1 aromatic carbocycles. The van der Waals surface area contributed by atoms with E-state index in [0.29, 0.717) is 25.2 Å². The largest absolute Gasteiger partial charge is 0.335 e. The van der Waals surface area contributed by atoms with E-state index in [2.05, 4.69) is 10.00 Å². The topological polar surface area (TPSA) is 41.4 Å². The highest BCUT2D eigenvalue weighted by atomic mass is 32.1. The van der Waals surface area contributed by atoms with Gasteiger partial charge >= 0.3 is 0 Å². The van der Waals surface area contributed by atoms with Crippen LogP contribution in [0.5, 0.6) is 0 Å². The lowest BCUT2D eigenvalue weighted by atomic mass is 9.94. The number of rotatable bonds is 2. The van der Waals surface area contributed by atoms with E-state index in [-0.39, 0.29) is 11.6 Å². The quantitative estimate of drug-likeness (QED) is 0.646. The zero-order valence-corrected chi connectivity index (χ0v) is 16.8. The average molecular weight is 414 g/mol. The molecule has 3 aromatic rings. The van der Waals surface area contributed by atoms with Crippen LogP contribution in [-0.4, -0.2) is 58.7 Å². The summed E-state index contributed by atoms with van der Waals surface area (Å²) in [5.41, 5.74) is 3.10. The molecule has 1 amide bonds. The maximum absolute atomic E-state index is 14.6. The summed E-state index contributed by atoms with van der Waals surface area (Å²) in [7, 11) is 2.04. The molecule has 0 saturated carbocycles. The van der Waals surface area contributed by atoms with Crippen molar-refractivity contribution in [1.29, 1.82) is 0 Å². The average Bonchev–Trinajstić information content (AvgIpc) is 3.32. The minimum Gasteiger partial charge on any atom is -0.335 e. The Bertz CT molecular complexity index is 1100. The van der Waals surface area contributed by atoms with Gasteiger partial charge in [-0.3, -0.25) is 4.79 Å². The van der Waals surface area contributed by atoms with E-state index < -0.39 is 11.6 Å². The van der Waals surface area contributed by atoms with Crippen molar-refractivity contribution in [3.05, 3.63) is 57.4 Å². The van der Waals surface area contributed by atoms with Crippen molar-refractivity contribution in [1.82, 2.24) is 19.6 Å². The maximum Gasteiger partial charge on any atom is 0.274 e. The maximum atomic E-state index is 14.6. The van der Waals surface area contributed by atoms with Gasteiger partial charge in [0, 0.05) is 48.2 Å². The van der Waals surface area contributed by atoms with Gasteiger partial charge in [-0.1, -0.05) is 0 Å². The molecule has 5 nitrogen and oxygen atoms in total. The molecule has 0 unspecified atom stereocenters. The molecule has 0 bridgehead atoms. The standard InChI is InChI=1S/C21H20F2N4OS/c1-25-7-9-26(10-8-25)21(28)19-15-3-5-18-14(6-11-29-18)20(15)27(24-19)17-4-2-13(22)12-16(17)23/h2,4,6,11-12H,3,5,7-10H2,1H3.